The van der Waals surface area contributed by atoms with Crippen molar-refractivity contribution in [3.63, 3.8) is 0 Å². The Morgan fingerprint density at radius 1 is 1.56 bits per heavy atom. The smallest absolute Gasteiger partial charge is 0.307 e. The lowest BCUT2D eigenvalue weighted by Gasteiger charge is -2.05. The van der Waals surface area contributed by atoms with E-state index in [-0.39, 0.29) is 23.2 Å². The molecule has 1 N–H and O–H groups in total. The highest BCUT2D eigenvalue weighted by Gasteiger charge is 2.15. The summed E-state index contributed by atoms with van der Waals surface area (Å²) >= 11 is 0. The quantitative estimate of drug-likeness (QED) is 0.472. The molecule has 1 aromatic carbocycles. The molecule has 1 rings (SSSR count). The van der Waals surface area contributed by atoms with Gasteiger partial charge in [-0.05, 0) is 18.1 Å². The molecule has 6 heteroatoms. The maximum Gasteiger partial charge on any atom is 0.307 e. The minimum atomic E-state index is -1.10. The Labute approximate surface area is 90.7 Å². The van der Waals surface area contributed by atoms with E-state index in [1.165, 1.54) is 6.07 Å². The lowest BCUT2D eigenvalue weighted by molar-refractivity contribution is -0.384. The molecule has 16 heavy (non-hydrogen) atoms. The second-order valence-electron chi connectivity index (χ2n) is 3.26. The van der Waals surface area contributed by atoms with Crippen LogP contribution >= 0.6 is 0 Å². The first-order valence-electron chi connectivity index (χ1n) is 4.40. The Hall–Kier alpha value is -2.24. The zero-order valence-electron chi connectivity index (χ0n) is 8.47. The normalized spacial score (nSPS) is 9.81. The number of hydrogen-bond donors (Lipinski definition) is 1. The summed E-state index contributed by atoms with van der Waals surface area (Å²) in [6, 6.07) is 2.31. The Bertz CT molecular complexity index is 467. The average Bonchev–Trinajstić information content (AvgIpc) is 2.20. The summed E-state index contributed by atoms with van der Waals surface area (Å²) in [6.07, 6.45) is 0.141. The van der Waals surface area contributed by atoms with Crippen molar-refractivity contribution in [1.82, 2.24) is 0 Å². The van der Waals surface area contributed by atoms with Gasteiger partial charge in [0.05, 0.1) is 11.3 Å². The SMILES string of the molecule is Cc1c(C=O)cc([N+](=O)[O-])cc1CC(=O)O. The zero-order chi connectivity index (χ0) is 12.3. The molecule has 0 aromatic heterocycles. The van der Waals surface area contributed by atoms with Crippen LogP contribution in [0.25, 0.3) is 0 Å². The van der Waals surface area contributed by atoms with Crippen LogP contribution in [0.5, 0.6) is 0 Å². The molecule has 6 nitrogen and oxygen atoms in total. The number of benzene rings is 1. The van der Waals surface area contributed by atoms with E-state index in [2.05, 4.69) is 0 Å². The summed E-state index contributed by atoms with van der Waals surface area (Å²) in [4.78, 5) is 31.1. The van der Waals surface area contributed by atoms with Gasteiger partial charge in [-0.25, -0.2) is 0 Å². The molecule has 0 saturated carbocycles. The summed E-state index contributed by atoms with van der Waals surface area (Å²) in [5.74, 6) is -1.10. The van der Waals surface area contributed by atoms with Crippen LogP contribution < -0.4 is 0 Å². The molecular formula is C10H9NO5. The van der Waals surface area contributed by atoms with Crippen molar-refractivity contribution in [2.24, 2.45) is 0 Å². The van der Waals surface area contributed by atoms with Gasteiger partial charge >= 0.3 is 5.97 Å². The van der Waals surface area contributed by atoms with Gasteiger partial charge in [0.1, 0.15) is 0 Å². The molecule has 0 fully saturated rings. The molecule has 0 bridgehead atoms. The van der Waals surface area contributed by atoms with Gasteiger partial charge in [-0.1, -0.05) is 0 Å². The van der Waals surface area contributed by atoms with Gasteiger partial charge in [-0.2, -0.15) is 0 Å². The van der Waals surface area contributed by atoms with Crippen LogP contribution in [-0.2, 0) is 11.2 Å². The zero-order valence-corrected chi connectivity index (χ0v) is 8.47. The van der Waals surface area contributed by atoms with Gasteiger partial charge < -0.3 is 5.11 Å². The van der Waals surface area contributed by atoms with E-state index in [9.17, 15) is 19.7 Å². The largest absolute Gasteiger partial charge is 0.481 e. The molecule has 0 atom stereocenters. The summed E-state index contributed by atoms with van der Waals surface area (Å²) < 4.78 is 0. The van der Waals surface area contributed by atoms with E-state index in [0.717, 1.165) is 6.07 Å². The number of carboxylic acids is 1. The molecule has 0 aliphatic heterocycles. The molecule has 84 valence electrons. The van der Waals surface area contributed by atoms with E-state index in [0.29, 0.717) is 11.8 Å². The summed E-state index contributed by atoms with van der Waals surface area (Å²) in [7, 11) is 0. The molecule has 0 aliphatic rings. The first-order valence-corrected chi connectivity index (χ1v) is 4.40. The Balaban J connectivity index is 3.35. The topological polar surface area (TPSA) is 97.5 Å². The van der Waals surface area contributed by atoms with Crippen LogP contribution in [0.15, 0.2) is 12.1 Å². The number of hydrogen-bond acceptors (Lipinski definition) is 4. The van der Waals surface area contributed by atoms with Gasteiger partial charge in [-0.15, -0.1) is 0 Å². The molecule has 0 aliphatic carbocycles. The number of non-ortho nitro benzene ring substituents is 1. The lowest BCUT2D eigenvalue weighted by Crippen LogP contribution is -2.05. The van der Waals surface area contributed by atoms with Crippen molar-refractivity contribution < 1.29 is 19.6 Å². The minimum absolute atomic E-state index is 0.144. The fraction of sp³-hybridized carbons (Fsp3) is 0.200. The fourth-order valence-corrected chi connectivity index (χ4v) is 1.36. The predicted molar refractivity (Wildman–Crippen MR) is 54.6 cm³/mol. The van der Waals surface area contributed by atoms with E-state index in [1.807, 2.05) is 0 Å². The summed E-state index contributed by atoms with van der Waals surface area (Å²) in [5, 5.41) is 19.2. The van der Waals surface area contributed by atoms with E-state index < -0.39 is 10.9 Å². The summed E-state index contributed by atoms with van der Waals surface area (Å²) in [6.45, 7) is 1.56. The molecular weight excluding hydrogens is 214 g/mol. The minimum Gasteiger partial charge on any atom is -0.481 e. The first-order chi connectivity index (χ1) is 7.45. The van der Waals surface area contributed by atoms with Crippen LogP contribution in [0.3, 0.4) is 0 Å². The number of rotatable bonds is 4. The predicted octanol–water partition coefficient (Wildman–Crippen LogP) is 1.34. The van der Waals surface area contributed by atoms with Gasteiger partial charge in [0.25, 0.3) is 5.69 Å². The maximum atomic E-state index is 10.7. The van der Waals surface area contributed by atoms with Gasteiger partial charge in [0.2, 0.25) is 0 Å². The number of aliphatic carboxylic acids is 1. The third-order valence-corrected chi connectivity index (χ3v) is 2.22. The van der Waals surface area contributed by atoms with Crippen molar-refractivity contribution in [3.8, 4) is 0 Å². The third kappa shape index (κ3) is 2.41. The standard InChI is InChI=1S/C10H9NO5/c1-6-7(4-10(13)14)2-9(11(15)16)3-8(6)5-12/h2-3,5H,4H2,1H3,(H,13,14). The van der Waals surface area contributed by atoms with Crippen molar-refractivity contribution in [1.29, 1.82) is 0 Å². The van der Waals surface area contributed by atoms with Crippen molar-refractivity contribution in [2.75, 3.05) is 0 Å². The molecule has 0 spiro atoms. The number of carbonyl (C=O) groups excluding carboxylic acids is 1. The molecule has 0 unspecified atom stereocenters. The molecule has 0 saturated heterocycles. The lowest BCUT2D eigenvalue weighted by atomic mass is 10.00. The highest BCUT2D eigenvalue weighted by atomic mass is 16.6. The number of carboxylic acid groups (broad SMARTS) is 1. The molecule has 0 amide bonds. The molecule has 0 heterocycles. The van der Waals surface area contributed by atoms with Crippen LogP contribution in [0, 0.1) is 17.0 Å². The third-order valence-electron chi connectivity index (χ3n) is 2.22. The van der Waals surface area contributed by atoms with E-state index in [4.69, 9.17) is 5.11 Å². The molecule has 0 radical (unpaired) electrons. The first kappa shape index (κ1) is 11.8. The van der Waals surface area contributed by atoms with E-state index >= 15 is 0 Å². The van der Waals surface area contributed by atoms with Gasteiger partial charge in [-0.3, -0.25) is 19.7 Å². The summed E-state index contributed by atoms with van der Waals surface area (Å²) in [5.41, 5.74) is 0.612. The van der Waals surface area contributed by atoms with Crippen molar-refractivity contribution >= 4 is 17.9 Å². The maximum absolute atomic E-state index is 10.7. The highest BCUT2D eigenvalue weighted by Crippen LogP contribution is 2.21. The Morgan fingerprint density at radius 2 is 2.19 bits per heavy atom. The Kier molecular flexibility index (Phi) is 3.34. The van der Waals surface area contributed by atoms with Crippen LogP contribution in [0.1, 0.15) is 21.5 Å². The van der Waals surface area contributed by atoms with Gasteiger partial charge in [0.15, 0.2) is 6.29 Å². The van der Waals surface area contributed by atoms with Crippen LogP contribution in [0.4, 0.5) is 5.69 Å². The van der Waals surface area contributed by atoms with E-state index in [1.54, 1.807) is 6.92 Å². The fourth-order valence-electron chi connectivity index (χ4n) is 1.36. The second kappa shape index (κ2) is 4.52. The number of carbonyl (C=O) groups is 2. The monoisotopic (exact) mass is 223 g/mol. The molecule has 1 aromatic rings. The number of nitro benzene ring substituents is 1. The van der Waals surface area contributed by atoms with Crippen molar-refractivity contribution in [3.05, 3.63) is 38.9 Å². The van der Waals surface area contributed by atoms with Crippen LogP contribution in [-0.4, -0.2) is 22.3 Å². The van der Waals surface area contributed by atoms with Crippen molar-refractivity contribution in [2.45, 2.75) is 13.3 Å². The number of nitro groups is 1. The van der Waals surface area contributed by atoms with Gasteiger partial charge in [0, 0.05) is 17.7 Å². The Morgan fingerprint density at radius 3 is 2.62 bits per heavy atom. The second-order valence-corrected chi connectivity index (χ2v) is 3.26. The number of nitrogens with zero attached hydrogens (tertiary/aromatic N) is 1. The average molecular weight is 223 g/mol. The highest BCUT2D eigenvalue weighted by molar-refractivity contribution is 5.81. The number of aldehydes is 1. The van der Waals surface area contributed by atoms with Crippen LogP contribution in [0.2, 0.25) is 0 Å².